The number of hydroxylamine groups is 1. The largest absolute Gasteiger partial charge is 0.341 e. The maximum atomic E-state index is 11.9. The molecule has 0 aliphatic rings. The van der Waals surface area contributed by atoms with E-state index in [4.69, 9.17) is 0 Å². The first-order valence-corrected chi connectivity index (χ1v) is 6.88. The van der Waals surface area contributed by atoms with Gasteiger partial charge in [0, 0.05) is 12.5 Å². The lowest BCUT2D eigenvalue weighted by Crippen LogP contribution is -2.26. The summed E-state index contributed by atoms with van der Waals surface area (Å²) in [7, 11) is 0. The first-order valence-electron chi connectivity index (χ1n) is 6.88. The van der Waals surface area contributed by atoms with Crippen molar-refractivity contribution in [3.63, 3.8) is 0 Å². The predicted molar refractivity (Wildman–Crippen MR) is 78.9 cm³/mol. The van der Waals surface area contributed by atoms with Gasteiger partial charge >= 0.3 is 5.97 Å². The van der Waals surface area contributed by atoms with Crippen LogP contribution in [0.25, 0.3) is 6.08 Å². The van der Waals surface area contributed by atoms with Gasteiger partial charge < -0.3 is 4.84 Å². The third-order valence-corrected chi connectivity index (χ3v) is 2.76. The smallest absolute Gasteiger partial charge is 0.329 e. The summed E-state index contributed by atoms with van der Waals surface area (Å²) in [6.45, 7) is 3.40. The number of nitrogens with one attached hydrogen (secondary N) is 1. The Morgan fingerprint density at radius 2 is 2.00 bits per heavy atom. The van der Waals surface area contributed by atoms with Crippen molar-refractivity contribution in [2.24, 2.45) is 0 Å². The molecule has 0 heterocycles. The van der Waals surface area contributed by atoms with E-state index >= 15 is 0 Å². The predicted octanol–water partition coefficient (Wildman–Crippen LogP) is 3.49. The van der Waals surface area contributed by atoms with Gasteiger partial charge in [0.2, 0.25) is 0 Å². The molecule has 0 saturated carbocycles. The summed E-state index contributed by atoms with van der Waals surface area (Å²) in [5, 5.41) is 0. The van der Waals surface area contributed by atoms with Crippen molar-refractivity contribution in [3.05, 3.63) is 41.5 Å². The molecule has 0 aliphatic heterocycles. The molecule has 1 N–H and O–H groups in total. The molecule has 0 aromatic heterocycles. The standard InChI is InChI=1S/C16H21NO3/c1-3-4-5-6-7-10-14-11-8-9-12-15(14)16(19)17-20-13(2)18/h7-12H,3-6H2,1-2H3,(H,17,19)/b10-7+. The van der Waals surface area contributed by atoms with Crippen LogP contribution in [0.3, 0.4) is 0 Å². The van der Waals surface area contributed by atoms with Gasteiger partial charge in [-0.2, -0.15) is 5.48 Å². The molecule has 1 amide bonds. The first kappa shape index (κ1) is 16.0. The van der Waals surface area contributed by atoms with Crippen LogP contribution in [0.2, 0.25) is 0 Å². The molecule has 4 heteroatoms. The number of unbranched alkanes of at least 4 members (excludes halogenated alkanes) is 3. The highest BCUT2D eigenvalue weighted by Crippen LogP contribution is 2.12. The highest BCUT2D eigenvalue weighted by molar-refractivity contribution is 5.97. The molecule has 0 unspecified atom stereocenters. The second kappa shape index (κ2) is 8.91. The number of hydrogen-bond donors (Lipinski definition) is 1. The van der Waals surface area contributed by atoms with E-state index in [9.17, 15) is 9.59 Å². The van der Waals surface area contributed by atoms with Crippen LogP contribution in [0.4, 0.5) is 0 Å². The van der Waals surface area contributed by atoms with Crippen molar-refractivity contribution in [2.75, 3.05) is 0 Å². The Hall–Kier alpha value is -2.10. The van der Waals surface area contributed by atoms with E-state index in [1.165, 1.54) is 19.8 Å². The van der Waals surface area contributed by atoms with E-state index < -0.39 is 11.9 Å². The van der Waals surface area contributed by atoms with Gasteiger partial charge in [0.15, 0.2) is 0 Å². The summed E-state index contributed by atoms with van der Waals surface area (Å²) in [5.41, 5.74) is 3.43. The Bertz CT molecular complexity index is 480. The molecule has 4 nitrogen and oxygen atoms in total. The van der Waals surface area contributed by atoms with Crippen LogP contribution < -0.4 is 5.48 Å². The molecule has 0 spiro atoms. The van der Waals surface area contributed by atoms with Crippen molar-refractivity contribution < 1.29 is 14.4 Å². The van der Waals surface area contributed by atoms with Crippen molar-refractivity contribution in [1.29, 1.82) is 0 Å². The molecule has 0 aliphatic carbocycles. The summed E-state index contributed by atoms with van der Waals surface area (Å²) >= 11 is 0. The Kier molecular flexibility index (Phi) is 7.11. The minimum absolute atomic E-state index is 0.422. The Morgan fingerprint density at radius 3 is 2.70 bits per heavy atom. The molecule has 1 aromatic carbocycles. The van der Waals surface area contributed by atoms with Crippen molar-refractivity contribution in [3.8, 4) is 0 Å². The van der Waals surface area contributed by atoms with Crippen molar-refractivity contribution >= 4 is 18.0 Å². The average Bonchev–Trinajstić information content (AvgIpc) is 2.45. The number of rotatable bonds is 6. The van der Waals surface area contributed by atoms with Gasteiger partial charge in [0.25, 0.3) is 5.91 Å². The summed E-state index contributed by atoms with van der Waals surface area (Å²) in [4.78, 5) is 27.1. The average molecular weight is 275 g/mol. The minimum atomic E-state index is -0.550. The summed E-state index contributed by atoms with van der Waals surface area (Å²) in [6, 6.07) is 7.20. The van der Waals surface area contributed by atoms with Gasteiger partial charge in [-0.05, 0) is 24.5 Å². The zero-order valence-electron chi connectivity index (χ0n) is 12.0. The molecule has 0 bridgehead atoms. The van der Waals surface area contributed by atoms with Gasteiger partial charge in [-0.15, -0.1) is 0 Å². The zero-order chi connectivity index (χ0) is 14.8. The van der Waals surface area contributed by atoms with Crippen LogP contribution in [-0.2, 0) is 9.63 Å². The topological polar surface area (TPSA) is 55.4 Å². The molecule has 20 heavy (non-hydrogen) atoms. The number of benzene rings is 1. The van der Waals surface area contributed by atoms with Gasteiger partial charge in [0.05, 0.1) is 0 Å². The van der Waals surface area contributed by atoms with Gasteiger partial charge in [-0.3, -0.25) is 9.59 Å². The molecule has 108 valence electrons. The van der Waals surface area contributed by atoms with Gasteiger partial charge in [0.1, 0.15) is 0 Å². The fraction of sp³-hybridized carbons (Fsp3) is 0.375. The number of carbonyl (C=O) groups is 2. The Morgan fingerprint density at radius 1 is 1.25 bits per heavy atom. The third-order valence-electron chi connectivity index (χ3n) is 2.76. The lowest BCUT2D eigenvalue weighted by molar-refractivity contribution is -0.146. The molecule has 0 fully saturated rings. The van der Waals surface area contributed by atoms with Crippen molar-refractivity contribution in [1.82, 2.24) is 5.48 Å². The lowest BCUT2D eigenvalue weighted by atomic mass is 10.1. The SMILES string of the molecule is CCCCC/C=C/c1ccccc1C(=O)NOC(C)=O. The monoisotopic (exact) mass is 275 g/mol. The maximum absolute atomic E-state index is 11.9. The van der Waals surface area contributed by atoms with Gasteiger partial charge in [-0.1, -0.05) is 50.1 Å². The van der Waals surface area contributed by atoms with Crippen LogP contribution in [0.1, 0.15) is 55.5 Å². The zero-order valence-corrected chi connectivity index (χ0v) is 12.0. The van der Waals surface area contributed by atoms with Crippen LogP contribution in [0, 0.1) is 0 Å². The Labute approximate surface area is 119 Å². The maximum Gasteiger partial charge on any atom is 0.329 e. The van der Waals surface area contributed by atoms with E-state index in [1.807, 2.05) is 18.2 Å². The van der Waals surface area contributed by atoms with E-state index in [2.05, 4.69) is 23.3 Å². The summed E-state index contributed by atoms with van der Waals surface area (Å²) < 4.78 is 0. The molecule has 1 aromatic rings. The number of hydrogen-bond acceptors (Lipinski definition) is 3. The summed E-state index contributed by atoms with van der Waals surface area (Å²) in [6.07, 6.45) is 8.53. The Balaban J connectivity index is 2.67. The normalized spacial score (nSPS) is 10.5. The fourth-order valence-corrected chi connectivity index (χ4v) is 1.74. The fourth-order valence-electron chi connectivity index (χ4n) is 1.74. The van der Waals surface area contributed by atoms with Gasteiger partial charge in [-0.25, -0.2) is 0 Å². The van der Waals surface area contributed by atoms with Crippen LogP contribution in [0.15, 0.2) is 30.3 Å². The quantitative estimate of drug-likeness (QED) is 0.638. The second-order valence-electron chi connectivity index (χ2n) is 4.51. The highest BCUT2D eigenvalue weighted by atomic mass is 16.7. The highest BCUT2D eigenvalue weighted by Gasteiger charge is 2.09. The molecule has 0 radical (unpaired) electrons. The van der Waals surface area contributed by atoms with E-state index in [0.717, 1.165) is 18.4 Å². The van der Waals surface area contributed by atoms with Crippen LogP contribution >= 0.6 is 0 Å². The minimum Gasteiger partial charge on any atom is -0.341 e. The molecular formula is C16H21NO3. The summed E-state index contributed by atoms with van der Waals surface area (Å²) in [5.74, 6) is -0.972. The number of carbonyl (C=O) groups excluding carboxylic acids is 2. The number of allylic oxidation sites excluding steroid dienone is 1. The first-order chi connectivity index (χ1) is 9.65. The van der Waals surface area contributed by atoms with Crippen molar-refractivity contribution in [2.45, 2.75) is 39.5 Å². The van der Waals surface area contributed by atoms with E-state index in [-0.39, 0.29) is 0 Å². The second-order valence-corrected chi connectivity index (χ2v) is 4.51. The molecule has 0 atom stereocenters. The molecule has 0 saturated heterocycles. The molecular weight excluding hydrogens is 254 g/mol. The van der Waals surface area contributed by atoms with E-state index in [0.29, 0.717) is 5.56 Å². The van der Waals surface area contributed by atoms with E-state index in [1.54, 1.807) is 12.1 Å². The van der Waals surface area contributed by atoms with Crippen LogP contribution in [0.5, 0.6) is 0 Å². The molecule has 1 rings (SSSR count). The van der Waals surface area contributed by atoms with Crippen LogP contribution in [-0.4, -0.2) is 11.9 Å². The third kappa shape index (κ3) is 5.69. The number of amides is 1. The lowest BCUT2D eigenvalue weighted by Gasteiger charge is -2.06.